The summed E-state index contributed by atoms with van der Waals surface area (Å²) in [6.45, 7) is 14.8. The van der Waals surface area contributed by atoms with Gasteiger partial charge in [0.1, 0.15) is 0 Å². The van der Waals surface area contributed by atoms with Crippen LogP contribution in [-0.4, -0.2) is 17.5 Å². The van der Waals surface area contributed by atoms with E-state index >= 15 is 0 Å². The molecule has 1 aromatic heterocycles. The Balaban J connectivity index is 1.40. The molecule has 3 heteroatoms. The topological polar surface area (TPSA) is 24.7 Å². The van der Waals surface area contributed by atoms with Crippen LogP contribution in [0.3, 0.4) is 0 Å². The van der Waals surface area contributed by atoms with Crippen molar-refractivity contribution in [3.05, 3.63) is 144 Å². The molecule has 0 fully saturated rings. The fraction of sp³-hybridized carbons (Fsp3) is 0.135. The second-order valence-electron chi connectivity index (χ2n) is 10.7. The lowest BCUT2D eigenvalue weighted by atomic mass is 9.79. The van der Waals surface area contributed by atoms with E-state index in [-0.39, 0.29) is 12.0 Å². The zero-order chi connectivity index (χ0) is 27.4. The van der Waals surface area contributed by atoms with E-state index in [0.29, 0.717) is 0 Å². The van der Waals surface area contributed by atoms with Crippen molar-refractivity contribution >= 4 is 42.9 Å². The van der Waals surface area contributed by atoms with Crippen LogP contribution < -0.4 is 0 Å². The largest absolute Gasteiger partial charge is 0.274 e. The van der Waals surface area contributed by atoms with Gasteiger partial charge in [0.2, 0.25) is 0 Å². The second-order valence-corrected chi connectivity index (χ2v) is 11.8. The summed E-state index contributed by atoms with van der Waals surface area (Å²) in [5.74, 6) is 0.211. The zero-order valence-corrected chi connectivity index (χ0v) is 23.5. The predicted molar refractivity (Wildman–Crippen MR) is 173 cm³/mol. The summed E-state index contributed by atoms with van der Waals surface area (Å²) < 4.78 is 2.55. The number of aliphatic imine (C=N–C) groups is 2. The van der Waals surface area contributed by atoms with Gasteiger partial charge in [0.15, 0.2) is 0 Å². The molecule has 2 nitrogen and oxygen atoms in total. The van der Waals surface area contributed by atoms with Crippen molar-refractivity contribution in [2.75, 3.05) is 0 Å². The van der Waals surface area contributed by atoms with E-state index in [1.54, 1.807) is 0 Å². The highest BCUT2D eigenvalue weighted by molar-refractivity contribution is 7.26. The lowest BCUT2D eigenvalue weighted by Gasteiger charge is -2.31. The maximum Gasteiger partial charge on any atom is 0.0989 e. The van der Waals surface area contributed by atoms with Gasteiger partial charge in [-0.15, -0.1) is 11.3 Å². The molecule has 2 atom stereocenters. The lowest BCUT2D eigenvalue weighted by Crippen LogP contribution is -2.27. The van der Waals surface area contributed by atoms with Gasteiger partial charge in [-0.1, -0.05) is 98.1 Å². The first-order chi connectivity index (χ1) is 19.6. The smallest absolute Gasteiger partial charge is 0.0989 e. The molecule has 0 bridgehead atoms. The third-order valence-electron chi connectivity index (χ3n) is 8.38. The SMILES string of the molecule is C=CC1=NC2C(=C)N=C(C=C)c3c(ccc4c3sc3cc(-c5ccc(C)cc5)ccc34)CCC2c2ccccc21. The molecular weight excluding hydrogens is 504 g/mol. The van der Waals surface area contributed by atoms with E-state index in [2.05, 4.69) is 106 Å². The van der Waals surface area contributed by atoms with Crippen LogP contribution in [0.1, 0.15) is 40.2 Å². The minimum absolute atomic E-state index is 0.123. The van der Waals surface area contributed by atoms with E-state index in [1.807, 2.05) is 23.5 Å². The molecule has 0 N–H and O–H groups in total. The molecule has 3 heterocycles. The minimum Gasteiger partial charge on any atom is -0.274 e. The average Bonchev–Trinajstić information content (AvgIpc) is 3.38. The molecule has 2 unspecified atom stereocenters. The van der Waals surface area contributed by atoms with Crippen LogP contribution >= 0.6 is 11.3 Å². The summed E-state index contributed by atoms with van der Waals surface area (Å²) in [7, 11) is 0. The molecule has 2 aliphatic heterocycles. The molecule has 0 aliphatic carbocycles. The van der Waals surface area contributed by atoms with Crippen molar-refractivity contribution in [2.24, 2.45) is 9.98 Å². The van der Waals surface area contributed by atoms with Crippen molar-refractivity contribution in [3.63, 3.8) is 0 Å². The molecule has 2 aliphatic rings. The second kappa shape index (κ2) is 9.69. The Morgan fingerprint density at radius 2 is 1.60 bits per heavy atom. The third-order valence-corrected chi connectivity index (χ3v) is 9.57. The van der Waals surface area contributed by atoms with Gasteiger partial charge in [-0.2, -0.15) is 0 Å². The predicted octanol–water partition coefficient (Wildman–Crippen LogP) is 9.61. The number of fused-ring (bicyclic) bond motifs is 8. The van der Waals surface area contributed by atoms with Gasteiger partial charge in [-0.05, 0) is 60.2 Å². The first kappa shape index (κ1) is 24.7. The summed E-state index contributed by atoms with van der Waals surface area (Å²) in [6, 6.07) is 28.6. The Kier molecular flexibility index (Phi) is 5.98. The van der Waals surface area contributed by atoms with Gasteiger partial charge in [0.05, 0.1) is 23.2 Å². The molecule has 5 aromatic rings. The Bertz CT molecular complexity index is 1920. The summed E-state index contributed by atoms with van der Waals surface area (Å²) in [6.07, 6.45) is 5.65. The number of nitrogens with zero attached hydrogens (tertiary/aromatic N) is 2. The monoisotopic (exact) mass is 534 g/mol. The van der Waals surface area contributed by atoms with Crippen LogP contribution in [0.4, 0.5) is 0 Å². The number of aryl methyl sites for hydroxylation is 2. The molecule has 40 heavy (non-hydrogen) atoms. The Labute approximate surface area is 239 Å². The molecule has 0 saturated heterocycles. The summed E-state index contributed by atoms with van der Waals surface area (Å²) in [5.41, 5.74) is 11.3. The van der Waals surface area contributed by atoms with Crippen molar-refractivity contribution in [2.45, 2.75) is 31.7 Å². The van der Waals surface area contributed by atoms with Crippen LogP contribution in [0.15, 0.2) is 126 Å². The minimum atomic E-state index is -0.123. The molecule has 0 spiro atoms. The molecule has 194 valence electrons. The quantitative estimate of drug-likeness (QED) is 0.220. The third kappa shape index (κ3) is 3.92. The van der Waals surface area contributed by atoms with Crippen LogP contribution in [0.25, 0.3) is 31.3 Å². The summed E-state index contributed by atoms with van der Waals surface area (Å²) in [5, 5.41) is 2.55. The zero-order valence-electron chi connectivity index (χ0n) is 22.7. The fourth-order valence-electron chi connectivity index (χ4n) is 6.35. The normalized spacial score (nSPS) is 18.5. The molecule has 0 radical (unpaired) electrons. The van der Waals surface area contributed by atoms with Crippen molar-refractivity contribution in [1.29, 1.82) is 0 Å². The highest BCUT2D eigenvalue weighted by Crippen LogP contribution is 2.43. The Hall–Kier alpha value is -4.34. The fourth-order valence-corrected chi connectivity index (χ4v) is 7.67. The van der Waals surface area contributed by atoms with Gasteiger partial charge in [-0.25, -0.2) is 0 Å². The number of hydrogen-bond donors (Lipinski definition) is 0. The van der Waals surface area contributed by atoms with Gasteiger partial charge in [-0.3, -0.25) is 9.98 Å². The van der Waals surface area contributed by atoms with E-state index in [4.69, 9.17) is 9.98 Å². The van der Waals surface area contributed by atoms with E-state index in [1.165, 1.54) is 59.1 Å². The highest BCUT2D eigenvalue weighted by atomic mass is 32.1. The maximum atomic E-state index is 5.14. The average molecular weight is 535 g/mol. The first-order valence-electron chi connectivity index (χ1n) is 13.8. The van der Waals surface area contributed by atoms with Crippen molar-refractivity contribution in [3.8, 4) is 11.1 Å². The maximum absolute atomic E-state index is 5.14. The number of thiophene rings is 1. The van der Waals surface area contributed by atoms with Crippen molar-refractivity contribution < 1.29 is 0 Å². The van der Waals surface area contributed by atoms with Gasteiger partial charge >= 0.3 is 0 Å². The van der Waals surface area contributed by atoms with Crippen LogP contribution in [0, 0.1) is 6.92 Å². The van der Waals surface area contributed by atoms with E-state index < -0.39 is 0 Å². The highest BCUT2D eigenvalue weighted by Gasteiger charge is 2.33. The van der Waals surface area contributed by atoms with Crippen LogP contribution in [-0.2, 0) is 6.42 Å². The number of rotatable bonds is 3. The lowest BCUT2D eigenvalue weighted by molar-refractivity contribution is 0.541. The molecule has 7 rings (SSSR count). The van der Waals surface area contributed by atoms with Gasteiger partial charge in [0, 0.05) is 37.2 Å². The van der Waals surface area contributed by atoms with Gasteiger partial charge in [0.25, 0.3) is 0 Å². The summed E-state index contributed by atoms with van der Waals surface area (Å²) >= 11 is 1.85. The molecule has 0 saturated carbocycles. The number of allylic oxidation sites excluding steroid dienone is 2. The molecule has 4 aromatic carbocycles. The summed E-state index contributed by atoms with van der Waals surface area (Å²) in [4.78, 5) is 10.3. The molecule has 0 amide bonds. The number of hydrogen-bond acceptors (Lipinski definition) is 3. The van der Waals surface area contributed by atoms with Crippen molar-refractivity contribution in [1.82, 2.24) is 0 Å². The van der Waals surface area contributed by atoms with E-state index in [0.717, 1.165) is 30.0 Å². The Morgan fingerprint density at radius 1 is 0.850 bits per heavy atom. The van der Waals surface area contributed by atoms with E-state index in [9.17, 15) is 0 Å². The van der Waals surface area contributed by atoms with Crippen LogP contribution in [0.2, 0.25) is 0 Å². The van der Waals surface area contributed by atoms with Gasteiger partial charge < -0.3 is 0 Å². The Morgan fingerprint density at radius 3 is 2.40 bits per heavy atom. The molecular formula is C37H30N2S. The number of benzene rings is 4. The standard InChI is InChI=1S/C37H30N2S/c1-5-32-28-10-8-7-9-27(28)30-19-15-25-16-20-31-29-18-17-26(24-13-11-22(3)12-14-24)21-34(29)40-37(31)35(25)33(6-2)38-23(4)36(30)39-32/h5-14,16-18,20-21,30,36H,1-2,4,15,19H2,3H3. The first-order valence-corrected chi connectivity index (χ1v) is 14.6. The van der Waals surface area contributed by atoms with Crippen LogP contribution in [0.5, 0.6) is 0 Å².